The minimum atomic E-state index is -1.70. The molecule has 8 atom stereocenters. The number of hydrogen-bond donors (Lipinski definition) is 2. The van der Waals surface area contributed by atoms with E-state index in [0.29, 0.717) is 19.3 Å². The summed E-state index contributed by atoms with van der Waals surface area (Å²) in [5, 5.41) is 23.3. The third kappa shape index (κ3) is 2.78. The summed E-state index contributed by atoms with van der Waals surface area (Å²) in [6.07, 6.45) is 6.79. The molecule has 6 nitrogen and oxygen atoms in total. The zero-order chi connectivity index (χ0) is 23.0. The second-order valence-corrected chi connectivity index (χ2v) is 11.7. The van der Waals surface area contributed by atoms with Crippen LogP contribution in [-0.4, -0.2) is 50.4 Å². The van der Waals surface area contributed by atoms with Crippen LogP contribution in [0.2, 0.25) is 0 Å². The number of aliphatic hydroxyl groups is 2. The van der Waals surface area contributed by atoms with Gasteiger partial charge in [0, 0.05) is 24.2 Å². The molecule has 170 valence electrons. The number of halogens is 1. The highest BCUT2D eigenvalue weighted by molar-refractivity contribution is 9.10. The number of Topliss-reactive ketones (excluding diaryl/α,β-unsaturated/α-hetero) is 1. The van der Waals surface area contributed by atoms with Gasteiger partial charge >= 0.3 is 5.97 Å². The van der Waals surface area contributed by atoms with E-state index in [1.807, 2.05) is 26.0 Å². The van der Waals surface area contributed by atoms with Crippen molar-refractivity contribution in [1.29, 1.82) is 0 Å². The van der Waals surface area contributed by atoms with Crippen LogP contribution >= 0.6 is 15.9 Å². The van der Waals surface area contributed by atoms with Crippen molar-refractivity contribution in [3.63, 3.8) is 0 Å². The van der Waals surface area contributed by atoms with Crippen molar-refractivity contribution >= 4 is 33.5 Å². The van der Waals surface area contributed by atoms with Gasteiger partial charge in [-0.25, -0.2) is 0 Å². The second kappa shape index (κ2) is 7.09. The molecule has 4 aliphatic carbocycles. The van der Waals surface area contributed by atoms with Gasteiger partial charge in [-0.05, 0) is 48.7 Å². The predicted molar refractivity (Wildman–Crippen MR) is 117 cm³/mol. The van der Waals surface area contributed by atoms with Gasteiger partial charge in [0.1, 0.15) is 5.60 Å². The number of allylic oxidation sites excluding steroid dienone is 4. The monoisotopic (exact) mass is 494 g/mol. The molecule has 4 aliphatic rings. The number of carbonyl (C=O) groups is 3. The summed E-state index contributed by atoms with van der Waals surface area (Å²) in [5.41, 5.74) is -2.09. The van der Waals surface area contributed by atoms with E-state index < -0.39 is 45.2 Å². The molecule has 0 aromatic carbocycles. The van der Waals surface area contributed by atoms with E-state index in [1.54, 1.807) is 6.08 Å². The molecule has 0 aromatic heterocycles. The van der Waals surface area contributed by atoms with Crippen molar-refractivity contribution in [2.45, 2.75) is 69.4 Å². The third-order valence-corrected chi connectivity index (χ3v) is 10.9. The van der Waals surface area contributed by atoms with Gasteiger partial charge in [0.25, 0.3) is 0 Å². The molecule has 0 aliphatic heterocycles. The van der Waals surface area contributed by atoms with Gasteiger partial charge in [-0.2, -0.15) is 0 Å². The fourth-order valence-electron chi connectivity index (χ4n) is 7.23. The van der Waals surface area contributed by atoms with E-state index in [-0.39, 0.29) is 30.0 Å². The minimum Gasteiger partial charge on any atom is -0.458 e. The Labute approximate surface area is 191 Å². The Balaban J connectivity index is 1.79. The maximum Gasteiger partial charge on any atom is 0.303 e. The lowest BCUT2D eigenvalue weighted by atomic mass is 9.46. The Morgan fingerprint density at radius 3 is 2.65 bits per heavy atom. The van der Waals surface area contributed by atoms with Crippen LogP contribution in [0, 0.1) is 28.6 Å². The Morgan fingerprint density at radius 2 is 2.00 bits per heavy atom. The molecule has 0 radical (unpaired) electrons. The van der Waals surface area contributed by atoms with Crippen molar-refractivity contribution < 1.29 is 29.3 Å². The van der Waals surface area contributed by atoms with Crippen LogP contribution in [0.3, 0.4) is 0 Å². The van der Waals surface area contributed by atoms with Crippen LogP contribution in [0.4, 0.5) is 0 Å². The van der Waals surface area contributed by atoms with Crippen LogP contribution in [0.1, 0.15) is 53.4 Å². The summed E-state index contributed by atoms with van der Waals surface area (Å²) in [7, 11) is 0. The molecule has 0 spiro atoms. The summed E-state index contributed by atoms with van der Waals surface area (Å²) in [6.45, 7) is 6.60. The molecule has 0 saturated heterocycles. The van der Waals surface area contributed by atoms with E-state index in [2.05, 4.69) is 22.9 Å². The van der Waals surface area contributed by atoms with Crippen molar-refractivity contribution in [1.82, 2.24) is 0 Å². The largest absolute Gasteiger partial charge is 0.458 e. The highest BCUT2D eigenvalue weighted by atomic mass is 79.9. The van der Waals surface area contributed by atoms with Crippen molar-refractivity contribution in [2.24, 2.45) is 28.6 Å². The molecule has 0 bridgehead atoms. The fourth-order valence-corrected chi connectivity index (χ4v) is 8.29. The van der Waals surface area contributed by atoms with E-state index in [1.165, 1.54) is 6.92 Å². The highest BCUT2D eigenvalue weighted by Gasteiger charge is 2.74. The summed E-state index contributed by atoms with van der Waals surface area (Å²) in [5.74, 6) is -1.52. The molecular weight excluding hydrogens is 464 g/mol. The quantitative estimate of drug-likeness (QED) is 0.462. The van der Waals surface area contributed by atoms with E-state index in [4.69, 9.17) is 4.74 Å². The molecule has 7 heteroatoms. The van der Waals surface area contributed by atoms with Gasteiger partial charge in [0.15, 0.2) is 12.4 Å². The first kappa shape index (κ1) is 22.9. The molecule has 31 heavy (non-hydrogen) atoms. The van der Waals surface area contributed by atoms with Gasteiger partial charge in [0.05, 0.1) is 10.4 Å². The first-order valence-electron chi connectivity index (χ1n) is 11.0. The molecule has 0 unspecified atom stereocenters. The number of carbonyl (C=O) groups excluding carboxylic acids is 3. The molecule has 2 N–H and O–H groups in total. The number of alkyl halides is 1. The maximum absolute atomic E-state index is 13.1. The Kier molecular flexibility index (Phi) is 5.23. The summed E-state index contributed by atoms with van der Waals surface area (Å²) >= 11 is 3.97. The van der Waals surface area contributed by atoms with E-state index in [0.717, 1.165) is 5.57 Å². The lowest BCUT2D eigenvalue weighted by Crippen LogP contribution is -2.68. The van der Waals surface area contributed by atoms with Crippen molar-refractivity contribution in [3.05, 3.63) is 23.8 Å². The van der Waals surface area contributed by atoms with Crippen LogP contribution in [0.5, 0.6) is 0 Å². The highest BCUT2D eigenvalue weighted by Crippen LogP contribution is 2.71. The average Bonchev–Trinajstić information content (AvgIpc) is 2.89. The standard InChI is InChI=1S/C24H31BrO6/c1-13-9-18-17-6-5-15-10-16(27)7-8-21(15,3)23(17,25)19(28)11-22(18,4)24(13,30)20(29)12-31-14(2)26/h5-6,10,13,17-19,28,30H,7-9,11-12H2,1-4H3/t13-,17-,18-,19-,21-,22-,23-,24-/m0/s1. The van der Waals surface area contributed by atoms with Crippen LogP contribution in [0.25, 0.3) is 0 Å². The summed E-state index contributed by atoms with van der Waals surface area (Å²) < 4.78 is 4.23. The molecule has 0 heterocycles. The number of hydrogen-bond acceptors (Lipinski definition) is 6. The first-order valence-corrected chi connectivity index (χ1v) is 11.8. The van der Waals surface area contributed by atoms with Crippen LogP contribution in [-0.2, 0) is 19.1 Å². The lowest BCUT2D eigenvalue weighted by Gasteiger charge is -2.63. The Bertz CT molecular complexity index is 910. The van der Waals surface area contributed by atoms with Gasteiger partial charge in [-0.3, -0.25) is 14.4 Å². The van der Waals surface area contributed by atoms with Gasteiger partial charge in [0.2, 0.25) is 5.78 Å². The SMILES string of the molecule is CC(=O)OCC(=O)[C@@]1(O)[C@@H](C)C[C@H]2[C@@H]3C=CC4=CC(=O)CC[C@]4(C)[C@@]3(Br)[C@@H](O)C[C@@]21C. The topological polar surface area (TPSA) is 101 Å². The Hall–Kier alpha value is -1.31. The smallest absolute Gasteiger partial charge is 0.303 e. The fraction of sp³-hybridized carbons (Fsp3) is 0.708. The molecule has 0 amide bonds. The van der Waals surface area contributed by atoms with Gasteiger partial charge < -0.3 is 14.9 Å². The van der Waals surface area contributed by atoms with E-state index >= 15 is 0 Å². The summed E-state index contributed by atoms with van der Waals surface area (Å²) in [4.78, 5) is 36.4. The normalized spacial score (nSPS) is 48.4. The average molecular weight is 495 g/mol. The molecule has 2 saturated carbocycles. The van der Waals surface area contributed by atoms with Crippen molar-refractivity contribution in [3.8, 4) is 0 Å². The zero-order valence-corrected chi connectivity index (χ0v) is 20.1. The predicted octanol–water partition coefficient (Wildman–Crippen LogP) is 2.89. The number of fused-ring (bicyclic) bond motifs is 5. The number of ether oxygens (including phenoxy) is 1. The third-order valence-electron chi connectivity index (χ3n) is 9.02. The van der Waals surface area contributed by atoms with E-state index in [9.17, 15) is 24.6 Å². The van der Waals surface area contributed by atoms with Crippen molar-refractivity contribution in [2.75, 3.05) is 6.61 Å². The number of ketones is 2. The Morgan fingerprint density at radius 1 is 1.32 bits per heavy atom. The van der Waals surface area contributed by atoms with Gasteiger partial charge in [-0.1, -0.05) is 48.9 Å². The number of rotatable bonds is 3. The lowest BCUT2D eigenvalue weighted by molar-refractivity contribution is -0.178. The molecule has 2 fully saturated rings. The van der Waals surface area contributed by atoms with Crippen LogP contribution < -0.4 is 0 Å². The molecule has 4 rings (SSSR count). The van der Waals surface area contributed by atoms with Gasteiger partial charge in [-0.15, -0.1) is 0 Å². The zero-order valence-electron chi connectivity index (χ0n) is 18.5. The van der Waals surface area contributed by atoms with Crippen LogP contribution in [0.15, 0.2) is 23.8 Å². The molecule has 0 aromatic rings. The second-order valence-electron chi connectivity index (χ2n) is 10.4. The summed E-state index contributed by atoms with van der Waals surface area (Å²) in [6, 6.07) is 0. The minimum absolute atomic E-state index is 0.0659. The number of aliphatic hydroxyl groups excluding tert-OH is 1. The molecular formula is C24H31BrO6. The maximum atomic E-state index is 13.1. The first-order chi connectivity index (χ1) is 14.3. The number of esters is 1.